The van der Waals surface area contributed by atoms with Gasteiger partial charge in [-0.15, -0.1) is 0 Å². The number of sulfonamides is 1. The number of aromatic nitrogens is 1. The highest BCUT2D eigenvalue weighted by atomic mass is 32.2. The van der Waals surface area contributed by atoms with E-state index >= 15 is 0 Å². The molecule has 0 radical (unpaired) electrons. The third kappa shape index (κ3) is 5.07. The van der Waals surface area contributed by atoms with E-state index in [4.69, 9.17) is 0 Å². The van der Waals surface area contributed by atoms with Gasteiger partial charge in [-0.2, -0.15) is 0 Å². The highest BCUT2D eigenvalue weighted by Crippen LogP contribution is 2.17. The second-order valence-corrected chi connectivity index (χ2v) is 7.99. The quantitative estimate of drug-likeness (QED) is 0.594. The van der Waals surface area contributed by atoms with Crippen molar-refractivity contribution in [2.45, 2.75) is 24.7 Å². The normalized spacial score (nSPS) is 11.2. The third-order valence-electron chi connectivity index (χ3n) is 4.33. The molecule has 0 aliphatic rings. The highest BCUT2D eigenvalue weighted by Gasteiger charge is 2.14. The van der Waals surface area contributed by atoms with E-state index in [1.165, 1.54) is 6.07 Å². The van der Waals surface area contributed by atoms with Crippen LogP contribution in [0.1, 0.15) is 18.1 Å². The lowest BCUT2D eigenvalue weighted by Crippen LogP contribution is -2.14. The summed E-state index contributed by atoms with van der Waals surface area (Å²) in [6.45, 7) is 2.55. The zero-order valence-corrected chi connectivity index (χ0v) is 16.3. The number of pyridine rings is 1. The summed E-state index contributed by atoms with van der Waals surface area (Å²) in [6, 6.07) is 16.7. The molecule has 5 nitrogen and oxygen atoms in total. The molecule has 3 rings (SSSR count). The molecule has 2 aromatic carbocycles. The van der Waals surface area contributed by atoms with Gasteiger partial charge in [0.1, 0.15) is 11.6 Å². The first-order valence-corrected chi connectivity index (χ1v) is 10.5. The van der Waals surface area contributed by atoms with Crippen molar-refractivity contribution >= 4 is 21.5 Å². The van der Waals surface area contributed by atoms with E-state index in [0.29, 0.717) is 18.5 Å². The lowest BCUT2D eigenvalue weighted by Gasteiger charge is -2.10. The average molecular weight is 399 g/mol. The highest BCUT2D eigenvalue weighted by molar-refractivity contribution is 7.92. The summed E-state index contributed by atoms with van der Waals surface area (Å²) in [5.74, 6) is 0.0124. The van der Waals surface area contributed by atoms with Crippen molar-refractivity contribution in [3.05, 3.63) is 83.8 Å². The van der Waals surface area contributed by atoms with Gasteiger partial charge in [-0.05, 0) is 54.3 Å². The summed E-state index contributed by atoms with van der Waals surface area (Å²) < 4.78 is 41.0. The molecule has 3 aromatic rings. The first-order chi connectivity index (χ1) is 13.5. The number of hydrogen-bond acceptors (Lipinski definition) is 4. The maximum atomic E-state index is 13.6. The fourth-order valence-electron chi connectivity index (χ4n) is 2.70. The largest absolute Gasteiger partial charge is 0.383 e. The zero-order chi connectivity index (χ0) is 20.0. The maximum absolute atomic E-state index is 13.6. The molecule has 0 aliphatic heterocycles. The molecule has 0 unspecified atom stereocenters. The Bertz CT molecular complexity index is 1020. The minimum Gasteiger partial charge on any atom is -0.383 e. The molecule has 0 spiro atoms. The molecule has 0 fully saturated rings. The van der Waals surface area contributed by atoms with E-state index in [1.54, 1.807) is 60.8 Å². The standard InChI is InChI=1S/C21H22FN3O2S/c1-2-16-7-10-19(11-8-16)28(26,27)25-21-12-9-18(15-24-21)23-14-13-17-5-3-4-6-20(17)22/h3-12,15,23H,2,13-14H2,1H3,(H,24,25). The molecule has 1 aromatic heterocycles. The smallest absolute Gasteiger partial charge is 0.263 e. The molecule has 0 bridgehead atoms. The van der Waals surface area contributed by atoms with Crippen molar-refractivity contribution < 1.29 is 12.8 Å². The predicted octanol–water partition coefficient (Wildman–Crippen LogP) is 4.24. The lowest BCUT2D eigenvalue weighted by molar-refractivity contribution is 0.601. The SMILES string of the molecule is CCc1ccc(S(=O)(=O)Nc2ccc(NCCc3ccccc3F)cn2)cc1. The van der Waals surface area contributed by atoms with E-state index in [9.17, 15) is 12.8 Å². The summed E-state index contributed by atoms with van der Waals surface area (Å²) >= 11 is 0. The van der Waals surface area contributed by atoms with Crippen LogP contribution in [0.5, 0.6) is 0 Å². The van der Waals surface area contributed by atoms with E-state index < -0.39 is 10.0 Å². The molecule has 0 saturated carbocycles. The lowest BCUT2D eigenvalue weighted by atomic mass is 10.1. The van der Waals surface area contributed by atoms with Crippen LogP contribution in [0.4, 0.5) is 15.9 Å². The van der Waals surface area contributed by atoms with Crippen molar-refractivity contribution in [1.29, 1.82) is 0 Å². The predicted molar refractivity (Wildman–Crippen MR) is 109 cm³/mol. The van der Waals surface area contributed by atoms with Gasteiger partial charge < -0.3 is 5.32 Å². The number of rotatable bonds is 8. The molecule has 146 valence electrons. The molecule has 0 saturated heterocycles. The van der Waals surface area contributed by atoms with Crippen LogP contribution in [0.3, 0.4) is 0 Å². The van der Waals surface area contributed by atoms with Crippen LogP contribution in [0, 0.1) is 5.82 Å². The van der Waals surface area contributed by atoms with Crippen LogP contribution < -0.4 is 10.0 Å². The molecule has 2 N–H and O–H groups in total. The van der Waals surface area contributed by atoms with Crippen molar-refractivity contribution in [1.82, 2.24) is 4.98 Å². The molecular weight excluding hydrogens is 377 g/mol. The molecule has 0 aliphatic carbocycles. The molecular formula is C21H22FN3O2S. The Labute approximate surface area is 164 Å². The number of nitrogens with zero attached hydrogens (tertiary/aromatic N) is 1. The van der Waals surface area contributed by atoms with Crippen LogP contribution in [-0.2, 0) is 22.9 Å². The fraction of sp³-hybridized carbons (Fsp3) is 0.190. The monoisotopic (exact) mass is 399 g/mol. The van der Waals surface area contributed by atoms with Gasteiger partial charge in [0.15, 0.2) is 0 Å². The van der Waals surface area contributed by atoms with Gasteiger partial charge in [-0.3, -0.25) is 4.72 Å². The molecule has 0 atom stereocenters. The molecule has 7 heteroatoms. The Kier molecular flexibility index (Phi) is 6.26. The van der Waals surface area contributed by atoms with Crippen molar-refractivity contribution in [2.24, 2.45) is 0 Å². The second kappa shape index (κ2) is 8.84. The minimum atomic E-state index is -3.68. The molecule has 1 heterocycles. The summed E-state index contributed by atoms with van der Waals surface area (Å²) in [5.41, 5.74) is 2.44. The van der Waals surface area contributed by atoms with Gasteiger partial charge in [0.25, 0.3) is 10.0 Å². The van der Waals surface area contributed by atoms with Crippen molar-refractivity contribution in [2.75, 3.05) is 16.6 Å². The topological polar surface area (TPSA) is 71.1 Å². The number of aryl methyl sites for hydroxylation is 1. The van der Waals surface area contributed by atoms with E-state index in [1.807, 2.05) is 6.92 Å². The van der Waals surface area contributed by atoms with Crippen LogP contribution in [0.2, 0.25) is 0 Å². The Morgan fingerprint density at radius 3 is 2.39 bits per heavy atom. The van der Waals surface area contributed by atoms with Gasteiger partial charge in [0.05, 0.1) is 16.8 Å². The van der Waals surface area contributed by atoms with Crippen molar-refractivity contribution in [3.63, 3.8) is 0 Å². The van der Waals surface area contributed by atoms with E-state index in [-0.39, 0.29) is 16.5 Å². The van der Waals surface area contributed by atoms with Gasteiger partial charge in [0.2, 0.25) is 0 Å². The van der Waals surface area contributed by atoms with Gasteiger partial charge in [-0.1, -0.05) is 37.3 Å². The Hall–Kier alpha value is -2.93. The molecule has 0 amide bonds. The van der Waals surface area contributed by atoms with E-state index in [0.717, 1.165) is 17.7 Å². The number of nitrogens with one attached hydrogen (secondary N) is 2. The van der Waals surface area contributed by atoms with Crippen LogP contribution in [0.25, 0.3) is 0 Å². The third-order valence-corrected chi connectivity index (χ3v) is 5.70. The van der Waals surface area contributed by atoms with Gasteiger partial charge >= 0.3 is 0 Å². The van der Waals surface area contributed by atoms with Crippen LogP contribution in [0.15, 0.2) is 71.8 Å². The number of benzene rings is 2. The number of anilines is 2. The number of hydrogen-bond donors (Lipinski definition) is 2. The van der Waals surface area contributed by atoms with Gasteiger partial charge in [-0.25, -0.2) is 17.8 Å². The maximum Gasteiger partial charge on any atom is 0.263 e. The summed E-state index contributed by atoms with van der Waals surface area (Å²) in [6.07, 6.45) is 2.93. The Balaban J connectivity index is 1.58. The van der Waals surface area contributed by atoms with Crippen LogP contribution >= 0.6 is 0 Å². The first-order valence-electron chi connectivity index (χ1n) is 9.03. The van der Waals surface area contributed by atoms with Crippen molar-refractivity contribution in [3.8, 4) is 0 Å². The summed E-state index contributed by atoms with van der Waals surface area (Å²) in [7, 11) is -3.68. The van der Waals surface area contributed by atoms with Gasteiger partial charge in [0, 0.05) is 6.54 Å². The fourth-order valence-corrected chi connectivity index (χ4v) is 3.71. The number of halogens is 1. The average Bonchev–Trinajstić information content (AvgIpc) is 2.70. The first kappa shape index (κ1) is 19.8. The van der Waals surface area contributed by atoms with E-state index in [2.05, 4.69) is 15.0 Å². The minimum absolute atomic E-state index is 0.193. The molecule has 28 heavy (non-hydrogen) atoms. The second-order valence-electron chi connectivity index (χ2n) is 6.30. The van der Waals surface area contributed by atoms with Crippen LogP contribution in [-0.4, -0.2) is 19.9 Å². The Morgan fingerprint density at radius 2 is 1.75 bits per heavy atom. The summed E-state index contributed by atoms with van der Waals surface area (Å²) in [5, 5.41) is 3.15. The Morgan fingerprint density at radius 1 is 1.00 bits per heavy atom. The summed E-state index contributed by atoms with van der Waals surface area (Å²) in [4.78, 5) is 4.33. The zero-order valence-electron chi connectivity index (χ0n) is 15.5.